The van der Waals surface area contributed by atoms with E-state index < -0.39 is 0 Å². The minimum atomic E-state index is -0.344. The molecule has 1 aliphatic carbocycles. The summed E-state index contributed by atoms with van der Waals surface area (Å²) in [4.78, 5) is 13.5. The number of carbonyl (C=O) groups is 1. The van der Waals surface area contributed by atoms with E-state index in [1.54, 1.807) is 48.5 Å². The Bertz CT molecular complexity index is 1250. The molecule has 6 heteroatoms. The first-order valence-corrected chi connectivity index (χ1v) is 11.3. The van der Waals surface area contributed by atoms with Gasteiger partial charge in [-0.1, -0.05) is 41.9 Å². The van der Waals surface area contributed by atoms with Gasteiger partial charge in [0, 0.05) is 16.5 Å². The van der Waals surface area contributed by atoms with Gasteiger partial charge in [0.1, 0.15) is 11.6 Å². The molecule has 166 valence electrons. The number of rotatable bonds is 3. The van der Waals surface area contributed by atoms with Crippen LogP contribution in [-0.2, 0) is 0 Å². The van der Waals surface area contributed by atoms with Crippen molar-refractivity contribution in [3.63, 3.8) is 0 Å². The summed E-state index contributed by atoms with van der Waals surface area (Å²) >= 11 is 6.13. The average Bonchev–Trinajstić information content (AvgIpc) is 3.21. The number of carbonyl (C=O) groups excluding carboxylic acids is 1. The standard InChI is InChI=1S/C27H21ClF2N2O/c28-21-5-1-4-20(16-21)27(33)32-26(18-9-13-23(30)14-10-18)24-6-2-3-19(25(24)31-32)15-17-7-11-22(29)12-8-17/h1,4-5,7-16,24,26H,2-3,6H2/b19-15+/t24-,26-/m0/s1. The van der Waals surface area contributed by atoms with Crippen LogP contribution in [0.5, 0.6) is 0 Å². The number of hydrogen-bond acceptors (Lipinski definition) is 2. The Hall–Kier alpha value is -3.31. The van der Waals surface area contributed by atoms with Gasteiger partial charge in [0.2, 0.25) is 0 Å². The van der Waals surface area contributed by atoms with Gasteiger partial charge in [0.05, 0.1) is 11.8 Å². The highest BCUT2D eigenvalue weighted by Gasteiger charge is 2.44. The molecule has 33 heavy (non-hydrogen) atoms. The predicted molar refractivity (Wildman–Crippen MR) is 126 cm³/mol. The number of allylic oxidation sites excluding steroid dienone is 1. The quantitative estimate of drug-likeness (QED) is 0.410. The van der Waals surface area contributed by atoms with Crippen LogP contribution < -0.4 is 0 Å². The Balaban J connectivity index is 1.58. The molecule has 0 spiro atoms. The van der Waals surface area contributed by atoms with Crippen LogP contribution in [-0.4, -0.2) is 16.6 Å². The lowest BCUT2D eigenvalue weighted by Crippen LogP contribution is -2.31. The van der Waals surface area contributed by atoms with Gasteiger partial charge in [-0.05, 0) is 84.5 Å². The fraction of sp³-hybridized carbons (Fsp3) is 0.185. The lowest BCUT2D eigenvalue weighted by atomic mass is 9.77. The molecule has 1 heterocycles. The van der Waals surface area contributed by atoms with E-state index in [4.69, 9.17) is 16.7 Å². The van der Waals surface area contributed by atoms with Crippen molar-refractivity contribution >= 4 is 29.3 Å². The zero-order valence-electron chi connectivity index (χ0n) is 17.7. The van der Waals surface area contributed by atoms with Crippen LogP contribution in [0, 0.1) is 17.6 Å². The third-order valence-electron chi connectivity index (χ3n) is 6.20. The number of hydrazone groups is 1. The van der Waals surface area contributed by atoms with Crippen molar-refractivity contribution in [3.8, 4) is 0 Å². The minimum absolute atomic E-state index is 0.0148. The highest BCUT2D eigenvalue weighted by Crippen LogP contribution is 2.45. The topological polar surface area (TPSA) is 32.7 Å². The van der Waals surface area contributed by atoms with Gasteiger partial charge in [-0.25, -0.2) is 13.8 Å². The Morgan fingerprint density at radius 3 is 2.39 bits per heavy atom. The van der Waals surface area contributed by atoms with Crippen molar-refractivity contribution < 1.29 is 13.6 Å². The second-order valence-electron chi connectivity index (χ2n) is 8.36. The third-order valence-corrected chi connectivity index (χ3v) is 6.44. The smallest absolute Gasteiger partial charge is 0.267 e. The van der Waals surface area contributed by atoms with Gasteiger partial charge in [0.15, 0.2) is 0 Å². The number of fused-ring (bicyclic) bond motifs is 1. The molecule has 3 aromatic carbocycles. The molecule has 3 nitrogen and oxygen atoms in total. The molecular formula is C27H21ClF2N2O. The van der Waals surface area contributed by atoms with Crippen molar-refractivity contribution in [2.24, 2.45) is 11.0 Å². The number of halogens is 3. The summed E-state index contributed by atoms with van der Waals surface area (Å²) < 4.78 is 27.0. The van der Waals surface area contributed by atoms with E-state index in [-0.39, 0.29) is 29.5 Å². The maximum absolute atomic E-state index is 13.6. The highest BCUT2D eigenvalue weighted by atomic mass is 35.5. The molecule has 0 radical (unpaired) electrons. The molecule has 0 N–H and O–H groups in total. The van der Waals surface area contributed by atoms with E-state index >= 15 is 0 Å². The van der Waals surface area contributed by atoms with Crippen molar-refractivity contribution in [2.45, 2.75) is 25.3 Å². The lowest BCUT2D eigenvalue weighted by Gasteiger charge is -2.29. The summed E-state index contributed by atoms with van der Waals surface area (Å²) in [5.74, 6) is -0.883. The summed E-state index contributed by atoms with van der Waals surface area (Å²) in [6.45, 7) is 0. The summed E-state index contributed by atoms with van der Waals surface area (Å²) in [5, 5.41) is 6.80. The van der Waals surface area contributed by atoms with Gasteiger partial charge in [-0.2, -0.15) is 5.10 Å². The Kier molecular flexibility index (Phi) is 5.81. The molecule has 3 aromatic rings. The van der Waals surface area contributed by atoms with Crippen molar-refractivity contribution in [1.29, 1.82) is 0 Å². The number of benzene rings is 3. The Morgan fingerprint density at radius 2 is 1.70 bits per heavy atom. The average molecular weight is 463 g/mol. The Morgan fingerprint density at radius 1 is 1.00 bits per heavy atom. The number of hydrogen-bond donors (Lipinski definition) is 0. The summed E-state index contributed by atoms with van der Waals surface area (Å²) in [5.41, 5.74) is 4.05. The molecule has 0 unspecified atom stereocenters. The largest absolute Gasteiger partial charge is 0.274 e. The first-order chi connectivity index (χ1) is 16.0. The van der Waals surface area contributed by atoms with Gasteiger partial charge in [-0.15, -0.1) is 0 Å². The van der Waals surface area contributed by atoms with Gasteiger partial charge < -0.3 is 0 Å². The fourth-order valence-corrected chi connectivity index (χ4v) is 4.87. The molecule has 2 atom stereocenters. The zero-order valence-corrected chi connectivity index (χ0v) is 18.5. The summed E-state index contributed by atoms with van der Waals surface area (Å²) in [7, 11) is 0. The van der Waals surface area contributed by atoms with E-state index in [2.05, 4.69) is 0 Å². The van der Waals surface area contributed by atoms with E-state index in [1.165, 1.54) is 29.3 Å². The minimum Gasteiger partial charge on any atom is -0.267 e. The van der Waals surface area contributed by atoms with Gasteiger partial charge >= 0.3 is 0 Å². The molecule has 0 bridgehead atoms. The van der Waals surface area contributed by atoms with Crippen LogP contribution in [0.3, 0.4) is 0 Å². The second kappa shape index (κ2) is 8.91. The molecule has 1 saturated carbocycles. The van der Waals surface area contributed by atoms with Crippen LogP contribution in [0.1, 0.15) is 46.8 Å². The van der Waals surface area contributed by atoms with E-state index in [1.807, 2.05) is 6.08 Å². The van der Waals surface area contributed by atoms with Gasteiger partial charge in [-0.3, -0.25) is 4.79 Å². The van der Waals surface area contributed by atoms with Crippen molar-refractivity contribution in [1.82, 2.24) is 5.01 Å². The molecule has 1 aliphatic heterocycles. The number of nitrogens with zero attached hydrogens (tertiary/aromatic N) is 2. The lowest BCUT2D eigenvalue weighted by molar-refractivity contribution is 0.0681. The normalized spacial score (nSPS) is 21.1. The molecule has 1 fully saturated rings. The molecule has 0 aromatic heterocycles. The first kappa shape index (κ1) is 21.5. The summed E-state index contributed by atoms with van der Waals surface area (Å²) in [6, 6.07) is 19.0. The zero-order chi connectivity index (χ0) is 22.9. The number of amides is 1. The van der Waals surface area contributed by atoms with E-state index in [0.717, 1.165) is 41.7 Å². The maximum atomic E-state index is 13.6. The van der Waals surface area contributed by atoms with E-state index in [0.29, 0.717) is 10.6 Å². The molecule has 2 aliphatic rings. The van der Waals surface area contributed by atoms with Crippen molar-refractivity contribution in [3.05, 3.63) is 112 Å². The third kappa shape index (κ3) is 4.33. The SMILES string of the molecule is O=C(c1cccc(Cl)c1)N1N=C2/C(=C/c3ccc(F)cc3)CCC[C@@H]2[C@@H]1c1ccc(F)cc1. The maximum Gasteiger partial charge on any atom is 0.274 e. The monoisotopic (exact) mass is 462 g/mol. The molecule has 0 saturated heterocycles. The van der Waals surface area contributed by atoms with Crippen LogP contribution >= 0.6 is 11.6 Å². The Labute approximate surface area is 196 Å². The first-order valence-electron chi connectivity index (χ1n) is 10.9. The fourth-order valence-electron chi connectivity index (χ4n) is 4.68. The van der Waals surface area contributed by atoms with Crippen LogP contribution in [0.4, 0.5) is 8.78 Å². The van der Waals surface area contributed by atoms with Crippen LogP contribution in [0.2, 0.25) is 5.02 Å². The highest BCUT2D eigenvalue weighted by molar-refractivity contribution is 6.31. The van der Waals surface area contributed by atoms with E-state index in [9.17, 15) is 13.6 Å². The van der Waals surface area contributed by atoms with Crippen LogP contribution in [0.25, 0.3) is 6.08 Å². The molecular weight excluding hydrogens is 442 g/mol. The van der Waals surface area contributed by atoms with Crippen molar-refractivity contribution in [2.75, 3.05) is 0 Å². The molecule has 1 amide bonds. The molecule has 5 rings (SSSR count). The summed E-state index contributed by atoms with van der Waals surface area (Å²) in [6.07, 6.45) is 4.64. The van der Waals surface area contributed by atoms with Gasteiger partial charge in [0.25, 0.3) is 5.91 Å². The second-order valence-corrected chi connectivity index (χ2v) is 8.80. The predicted octanol–water partition coefficient (Wildman–Crippen LogP) is 7.06. The van der Waals surface area contributed by atoms with Crippen LogP contribution in [0.15, 0.2) is 83.5 Å².